The van der Waals surface area contributed by atoms with Crippen molar-refractivity contribution in [3.05, 3.63) is 35.4 Å². The molecule has 1 N–H and O–H groups in total. The van der Waals surface area contributed by atoms with E-state index >= 15 is 0 Å². The van der Waals surface area contributed by atoms with Crippen LogP contribution in [0.3, 0.4) is 0 Å². The predicted octanol–water partition coefficient (Wildman–Crippen LogP) is 2.33. The normalized spacial score (nSPS) is 19.6. The van der Waals surface area contributed by atoms with E-state index in [1.807, 2.05) is 18.2 Å². The van der Waals surface area contributed by atoms with Crippen LogP contribution in [0.5, 0.6) is 0 Å². The summed E-state index contributed by atoms with van der Waals surface area (Å²) >= 11 is 0. The molecular formula is C14H19NO2. The van der Waals surface area contributed by atoms with Gasteiger partial charge in [0.1, 0.15) is 0 Å². The molecule has 1 aliphatic heterocycles. The number of hydrogen-bond donors (Lipinski definition) is 1. The van der Waals surface area contributed by atoms with Crippen LogP contribution < -0.4 is 5.32 Å². The molecule has 1 amide bonds. The molecule has 1 aromatic rings. The Hall–Kier alpha value is -1.35. The first-order valence-electron chi connectivity index (χ1n) is 6.15. The van der Waals surface area contributed by atoms with Gasteiger partial charge in [0.25, 0.3) is 5.91 Å². The lowest BCUT2D eigenvalue weighted by atomic mass is 10.0. The zero-order chi connectivity index (χ0) is 12.3. The second-order valence-corrected chi connectivity index (χ2v) is 4.81. The van der Waals surface area contributed by atoms with Crippen molar-refractivity contribution in [3.8, 4) is 0 Å². The SMILES string of the molecule is CC(C)c1cccc(C(=O)NC2CCOC2)c1. The van der Waals surface area contributed by atoms with Crippen LogP contribution in [0.4, 0.5) is 0 Å². The number of benzene rings is 1. The molecule has 0 radical (unpaired) electrons. The van der Waals surface area contributed by atoms with Gasteiger partial charge in [0.2, 0.25) is 0 Å². The lowest BCUT2D eigenvalue weighted by molar-refractivity contribution is 0.0930. The highest BCUT2D eigenvalue weighted by atomic mass is 16.5. The van der Waals surface area contributed by atoms with Crippen molar-refractivity contribution in [1.82, 2.24) is 5.32 Å². The van der Waals surface area contributed by atoms with Crippen LogP contribution in [0.2, 0.25) is 0 Å². The minimum atomic E-state index is 0.00278. The maximum atomic E-state index is 12.0. The van der Waals surface area contributed by atoms with Crippen LogP contribution >= 0.6 is 0 Å². The average Bonchev–Trinajstić information content (AvgIpc) is 2.82. The number of carbonyl (C=O) groups is 1. The van der Waals surface area contributed by atoms with E-state index in [1.165, 1.54) is 5.56 Å². The molecule has 3 heteroatoms. The van der Waals surface area contributed by atoms with Crippen molar-refractivity contribution >= 4 is 5.91 Å². The number of nitrogens with one attached hydrogen (secondary N) is 1. The third-order valence-electron chi connectivity index (χ3n) is 3.08. The molecule has 0 aliphatic carbocycles. The second-order valence-electron chi connectivity index (χ2n) is 4.81. The summed E-state index contributed by atoms with van der Waals surface area (Å²) in [4.78, 5) is 12.0. The highest BCUT2D eigenvalue weighted by Crippen LogP contribution is 2.16. The standard InChI is InChI=1S/C14H19NO2/c1-10(2)11-4-3-5-12(8-11)14(16)15-13-6-7-17-9-13/h3-5,8,10,13H,6-7,9H2,1-2H3,(H,15,16). The molecule has 0 bridgehead atoms. The van der Waals surface area contributed by atoms with E-state index in [9.17, 15) is 4.79 Å². The summed E-state index contributed by atoms with van der Waals surface area (Å²) in [5.41, 5.74) is 1.93. The summed E-state index contributed by atoms with van der Waals surface area (Å²) in [5.74, 6) is 0.445. The molecule has 0 aromatic heterocycles. The van der Waals surface area contributed by atoms with Crippen molar-refractivity contribution in [3.63, 3.8) is 0 Å². The molecule has 0 saturated carbocycles. The lowest BCUT2D eigenvalue weighted by Gasteiger charge is -2.12. The first-order chi connectivity index (χ1) is 8.16. The van der Waals surface area contributed by atoms with E-state index in [0.29, 0.717) is 12.5 Å². The fraction of sp³-hybridized carbons (Fsp3) is 0.500. The molecule has 17 heavy (non-hydrogen) atoms. The monoisotopic (exact) mass is 233 g/mol. The Labute approximate surface area is 102 Å². The number of amides is 1. The molecule has 1 fully saturated rings. The molecule has 1 aliphatic rings. The van der Waals surface area contributed by atoms with E-state index in [0.717, 1.165) is 18.6 Å². The summed E-state index contributed by atoms with van der Waals surface area (Å²) in [7, 11) is 0. The van der Waals surface area contributed by atoms with Gasteiger partial charge in [0.15, 0.2) is 0 Å². The van der Waals surface area contributed by atoms with Crippen LogP contribution in [-0.2, 0) is 4.74 Å². The number of hydrogen-bond acceptors (Lipinski definition) is 2. The molecule has 1 saturated heterocycles. The van der Waals surface area contributed by atoms with E-state index in [1.54, 1.807) is 0 Å². The highest BCUT2D eigenvalue weighted by molar-refractivity contribution is 5.94. The van der Waals surface area contributed by atoms with Gasteiger partial charge < -0.3 is 10.1 Å². The van der Waals surface area contributed by atoms with Gasteiger partial charge in [0.05, 0.1) is 12.6 Å². The Morgan fingerprint density at radius 3 is 2.94 bits per heavy atom. The van der Waals surface area contributed by atoms with Gasteiger partial charge in [-0.05, 0) is 30.0 Å². The summed E-state index contributed by atoms with van der Waals surface area (Å²) < 4.78 is 5.24. The Kier molecular flexibility index (Phi) is 3.79. The molecule has 2 rings (SSSR count). The molecule has 1 atom stereocenters. The van der Waals surface area contributed by atoms with Gasteiger partial charge in [-0.2, -0.15) is 0 Å². The zero-order valence-corrected chi connectivity index (χ0v) is 10.4. The fourth-order valence-electron chi connectivity index (χ4n) is 1.96. The van der Waals surface area contributed by atoms with Gasteiger partial charge in [-0.25, -0.2) is 0 Å². The number of carbonyl (C=O) groups excluding carboxylic acids is 1. The van der Waals surface area contributed by atoms with Gasteiger partial charge in [-0.3, -0.25) is 4.79 Å². The zero-order valence-electron chi connectivity index (χ0n) is 10.4. The Morgan fingerprint density at radius 2 is 2.29 bits per heavy atom. The summed E-state index contributed by atoms with van der Waals surface area (Å²) in [6.07, 6.45) is 0.912. The molecule has 1 heterocycles. The van der Waals surface area contributed by atoms with Crippen LogP contribution in [0.25, 0.3) is 0 Å². The van der Waals surface area contributed by atoms with Crippen molar-refractivity contribution in [2.75, 3.05) is 13.2 Å². The van der Waals surface area contributed by atoms with E-state index < -0.39 is 0 Å². The van der Waals surface area contributed by atoms with Gasteiger partial charge in [-0.1, -0.05) is 26.0 Å². The van der Waals surface area contributed by atoms with Gasteiger partial charge >= 0.3 is 0 Å². The van der Waals surface area contributed by atoms with E-state index in [2.05, 4.69) is 25.2 Å². The van der Waals surface area contributed by atoms with Crippen LogP contribution in [0.15, 0.2) is 24.3 Å². The van der Waals surface area contributed by atoms with Crippen molar-refractivity contribution < 1.29 is 9.53 Å². The first kappa shape index (κ1) is 12.1. The molecule has 92 valence electrons. The smallest absolute Gasteiger partial charge is 0.251 e. The maximum Gasteiger partial charge on any atom is 0.251 e. The molecule has 1 unspecified atom stereocenters. The summed E-state index contributed by atoms with van der Waals surface area (Å²) in [5, 5.41) is 3.00. The quantitative estimate of drug-likeness (QED) is 0.870. The van der Waals surface area contributed by atoms with E-state index in [4.69, 9.17) is 4.74 Å². The fourth-order valence-corrected chi connectivity index (χ4v) is 1.96. The molecule has 0 spiro atoms. The number of ether oxygens (including phenoxy) is 1. The third-order valence-corrected chi connectivity index (χ3v) is 3.08. The Bertz CT molecular complexity index is 395. The second kappa shape index (κ2) is 5.32. The molecular weight excluding hydrogens is 214 g/mol. The highest BCUT2D eigenvalue weighted by Gasteiger charge is 2.18. The summed E-state index contributed by atoms with van der Waals surface area (Å²) in [6.45, 7) is 5.64. The molecule has 1 aromatic carbocycles. The van der Waals surface area contributed by atoms with E-state index in [-0.39, 0.29) is 11.9 Å². The predicted molar refractivity (Wildman–Crippen MR) is 67.2 cm³/mol. The van der Waals surface area contributed by atoms with Crippen LogP contribution in [-0.4, -0.2) is 25.2 Å². The Balaban J connectivity index is 2.05. The van der Waals surface area contributed by atoms with Crippen LogP contribution in [0, 0.1) is 0 Å². The van der Waals surface area contributed by atoms with Crippen molar-refractivity contribution in [2.45, 2.75) is 32.2 Å². The Morgan fingerprint density at radius 1 is 1.47 bits per heavy atom. The maximum absolute atomic E-state index is 12.0. The van der Waals surface area contributed by atoms with Crippen molar-refractivity contribution in [1.29, 1.82) is 0 Å². The van der Waals surface area contributed by atoms with Gasteiger partial charge in [0, 0.05) is 12.2 Å². The average molecular weight is 233 g/mol. The third kappa shape index (κ3) is 3.07. The van der Waals surface area contributed by atoms with Gasteiger partial charge in [-0.15, -0.1) is 0 Å². The molecule has 3 nitrogen and oxygen atoms in total. The first-order valence-corrected chi connectivity index (χ1v) is 6.15. The largest absolute Gasteiger partial charge is 0.379 e. The minimum absolute atomic E-state index is 0.00278. The summed E-state index contributed by atoms with van der Waals surface area (Å²) in [6, 6.07) is 7.99. The number of rotatable bonds is 3. The van der Waals surface area contributed by atoms with Crippen molar-refractivity contribution in [2.24, 2.45) is 0 Å². The van der Waals surface area contributed by atoms with Crippen LogP contribution in [0.1, 0.15) is 42.1 Å². The minimum Gasteiger partial charge on any atom is -0.379 e. The lowest BCUT2D eigenvalue weighted by Crippen LogP contribution is -2.35. The topological polar surface area (TPSA) is 38.3 Å².